The lowest BCUT2D eigenvalue weighted by molar-refractivity contribution is -0.148. The number of esters is 1. The van der Waals surface area contributed by atoms with E-state index in [-0.39, 0.29) is 18.6 Å². The Labute approximate surface area is 155 Å². The van der Waals surface area contributed by atoms with Gasteiger partial charge in [-0.2, -0.15) is 0 Å². The van der Waals surface area contributed by atoms with Crippen molar-refractivity contribution in [1.29, 1.82) is 0 Å². The molecule has 2 heterocycles. The maximum Gasteiger partial charge on any atom is 0.306 e. The van der Waals surface area contributed by atoms with Gasteiger partial charge in [-0.3, -0.25) is 24.5 Å². The van der Waals surface area contributed by atoms with E-state index in [2.05, 4.69) is 5.32 Å². The van der Waals surface area contributed by atoms with Gasteiger partial charge >= 0.3 is 5.97 Å². The normalized spacial score (nSPS) is 10.4. The molecular formula is C18H20N2O5S. The number of carbonyl (C=O) groups excluding carboxylic acids is 4. The average Bonchev–Trinajstić information content (AvgIpc) is 3.15. The van der Waals surface area contributed by atoms with Crippen molar-refractivity contribution < 1.29 is 23.9 Å². The van der Waals surface area contributed by atoms with E-state index in [1.807, 2.05) is 13.8 Å². The van der Waals surface area contributed by atoms with Crippen LogP contribution in [0.5, 0.6) is 0 Å². The van der Waals surface area contributed by atoms with Crippen LogP contribution < -0.4 is 5.32 Å². The van der Waals surface area contributed by atoms with Gasteiger partial charge in [0.1, 0.15) is 5.69 Å². The van der Waals surface area contributed by atoms with E-state index in [0.29, 0.717) is 11.3 Å². The second kappa shape index (κ2) is 8.57. The molecule has 0 aliphatic carbocycles. The summed E-state index contributed by atoms with van der Waals surface area (Å²) in [6, 6.07) is 5.04. The van der Waals surface area contributed by atoms with E-state index in [1.165, 1.54) is 11.3 Å². The lowest BCUT2D eigenvalue weighted by Crippen LogP contribution is -2.35. The fourth-order valence-electron chi connectivity index (χ4n) is 2.40. The highest BCUT2D eigenvalue weighted by Gasteiger charge is 2.17. The molecule has 0 fully saturated rings. The molecule has 0 aliphatic heterocycles. The van der Waals surface area contributed by atoms with E-state index in [0.717, 1.165) is 9.75 Å². The van der Waals surface area contributed by atoms with Gasteiger partial charge in [-0.25, -0.2) is 0 Å². The molecule has 0 radical (unpaired) electrons. The first-order valence-electron chi connectivity index (χ1n) is 7.99. The van der Waals surface area contributed by atoms with Crippen molar-refractivity contribution in [3.8, 4) is 0 Å². The minimum absolute atomic E-state index is 0.0136. The Morgan fingerprint density at radius 2 is 1.92 bits per heavy atom. The zero-order valence-corrected chi connectivity index (χ0v) is 15.6. The third kappa shape index (κ3) is 5.13. The number of aromatic nitrogens is 1. The number of rotatable bonds is 7. The first-order valence-corrected chi connectivity index (χ1v) is 8.81. The number of Topliss-reactive ketones (excluding diaryl/α,β-unsaturated/α-hetero) is 1. The van der Waals surface area contributed by atoms with Crippen molar-refractivity contribution in [1.82, 2.24) is 9.88 Å². The Bertz CT molecular complexity index is 850. The maximum absolute atomic E-state index is 12.1. The zero-order chi connectivity index (χ0) is 19.3. The van der Waals surface area contributed by atoms with Gasteiger partial charge in [-0.1, -0.05) is 0 Å². The van der Waals surface area contributed by atoms with Crippen LogP contribution in [0.15, 0.2) is 24.4 Å². The molecule has 0 aliphatic rings. The number of thiophene rings is 1. The van der Waals surface area contributed by atoms with Crippen LogP contribution in [-0.2, 0) is 21.4 Å². The fourth-order valence-corrected chi connectivity index (χ4v) is 3.34. The monoisotopic (exact) mass is 376 g/mol. The summed E-state index contributed by atoms with van der Waals surface area (Å²) >= 11 is 1.53. The van der Waals surface area contributed by atoms with Gasteiger partial charge in [-0.15, -0.1) is 11.3 Å². The molecule has 0 saturated heterocycles. The number of aryl methyl sites for hydroxylation is 3. The van der Waals surface area contributed by atoms with Gasteiger partial charge < -0.3 is 9.30 Å². The number of ether oxygens (including phenoxy) is 1. The Morgan fingerprint density at radius 3 is 2.50 bits per heavy atom. The molecule has 2 amide bonds. The topological polar surface area (TPSA) is 94.5 Å². The molecule has 8 heteroatoms. The van der Waals surface area contributed by atoms with Crippen LogP contribution >= 0.6 is 11.3 Å². The lowest BCUT2D eigenvalue weighted by Gasteiger charge is -2.06. The number of hydrogen-bond acceptors (Lipinski definition) is 6. The molecule has 0 saturated carbocycles. The number of nitrogens with one attached hydrogen (secondary N) is 1. The Kier molecular flexibility index (Phi) is 6.46. The quantitative estimate of drug-likeness (QED) is 0.590. The summed E-state index contributed by atoms with van der Waals surface area (Å²) in [4.78, 5) is 49.3. The number of ketones is 1. The summed E-state index contributed by atoms with van der Waals surface area (Å²) in [5.41, 5.74) is 0.933. The number of nitrogens with zero attached hydrogens (tertiary/aromatic N) is 1. The van der Waals surface area contributed by atoms with Crippen LogP contribution in [0, 0.1) is 13.8 Å². The van der Waals surface area contributed by atoms with Crippen molar-refractivity contribution in [2.75, 3.05) is 6.61 Å². The molecule has 0 atom stereocenters. The second-order valence-corrected chi connectivity index (χ2v) is 7.25. The molecule has 26 heavy (non-hydrogen) atoms. The highest BCUT2D eigenvalue weighted by Crippen LogP contribution is 2.22. The van der Waals surface area contributed by atoms with E-state index < -0.39 is 24.4 Å². The van der Waals surface area contributed by atoms with Crippen molar-refractivity contribution in [2.45, 2.75) is 26.7 Å². The van der Waals surface area contributed by atoms with Crippen LogP contribution in [0.2, 0.25) is 0 Å². The minimum Gasteiger partial charge on any atom is -0.456 e. The molecule has 0 unspecified atom stereocenters. The second-order valence-electron chi connectivity index (χ2n) is 5.79. The summed E-state index contributed by atoms with van der Waals surface area (Å²) in [6.07, 6.45) is 1.57. The molecular weight excluding hydrogens is 356 g/mol. The largest absolute Gasteiger partial charge is 0.456 e. The fraction of sp³-hybridized carbons (Fsp3) is 0.333. The molecule has 138 valence electrons. The van der Waals surface area contributed by atoms with Crippen LogP contribution in [0.25, 0.3) is 0 Å². The van der Waals surface area contributed by atoms with Gasteiger partial charge in [0, 0.05) is 35.0 Å². The van der Waals surface area contributed by atoms with Crippen LogP contribution in [0.1, 0.15) is 43.4 Å². The molecule has 2 aromatic rings. The van der Waals surface area contributed by atoms with E-state index in [9.17, 15) is 19.2 Å². The Morgan fingerprint density at radius 1 is 1.19 bits per heavy atom. The minimum atomic E-state index is -0.722. The molecule has 0 aromatic carbocycles. The predicted octanol–water partition coefficient (Wildman–Crippen LogP) is 2.17. The Hall–Kier alpha value is -2.74. The first kappa shape index (κ1) is 19.6. The summed E-state index contributed by atoms with van der Waals surface area (Å²) in [5.74, 6) is -2.09. The van der Waals surface area contributed by atoms with E-state index in [4.69, 9.17) is 4.74 Å². The summed E-state index contributed by atoms with van der Waals surface area (Å²) in [7, 11) is 1.67. The molecule has 7 nitrogen and oxygen atoms in total. The predicted molar refractivity (Wildman–Crippen MR) is 96.2 cm³/mol. The first-order chi connectivity index (χ1) is 12.3. The molecule has 0 spiro atoms. The van der Waals surface area contributed by atoms with Crippen molar-refractivity contribution in [2.24, 2.45) is 7.05 Å². The molecule has 0 bridgehead atoms. The van der Waals surface area contributed by atoms with E-state index >= 15 is 0 Å². The molecule has 1 N–H and O–H groups in total. The van der Waals surface area contributed by atoms with Crippen LogP contribution in [-0.4, -0.2) is 34.7 Å². The molecule has 2 aromatic heterocycles. The SMILES string of the molecule is Cc1cc(C(=O)CCC(=O)OCC(=O)NC(=O)c2cccn2C)c(C)s1. The van der Waals surface area contributed by atoms with Gasteiger partial charge in [0.05, 0.1) is 6.42 Å². The summed E-state index contributed by atoms with van der Waals surface area (Å²) in [5, 5.41) is 2.14. The number of amides is 2. The number of imide groups is 1. The number of hydrogen-bond donors (Lipinski definition) is 1. The Balaban J connectivity index is 1.73. The maximum atomic E-state index is 12.1. The van der Waals surface area contributed by atoms with Gasteiger partial charge in [0.2, 0.25) is 0 Å². The van der Waals surface area contributed by atoms with Crippen molar-refractivity contribution in [3.63, 3.8) is 0 Å². The lowest BCUT2D eigenvalue weighted by atomic mass is 10.1. The number of carbonyl (C=O) groups is 4. The van der Waals surface area contributed by atoms with Crippen LogP contribution in [0.3, 0.4) is 0 Å². The summed E-state index contributed by atoms with van der Waals surface area (Å²) in [6.45, 7) is 3.20. The van der Waals surface area contributed by atoms with Gasteiger partial charge in [-0.05, 0) is 32.0 Å². The molecule has 2 rings (SSSR count). The van der Waals surface area contributed by atoms with Crippen molar-refractivity contribution in [3.05, 3.63) is 45.4 Å². The smallest absolute Gasteiger partial charge is 0.306 e. The van der Waals surface area contributed by atoms with E-state index in [1.54, 1.807) is 36.0 Å². The third-order valence-corrected chi connectivity index (χ3v) is 4.66. The van der Waals surface area contributed by atoms with Gasteiger partial charge in [0.15, 0.2) is 12.4 Å². The zero-order valence-electron chi connectivity index (χ0n) is 14.8. The van der Waals surface area contributed by atoms with Gasteiger partial charge in [0.25, 0.3) is 11.8 Å². The highest BCUT2D eigenvalue weighted by molar-refractivity contribution is 7.12. The summed E-state index contributed by atoms with van der Waals surface area (Å²) < 4.78 is 6.38. The average molecular weight is 376 g/mol. The highest BCUT2D eigenvalue weighted by atomic mass is 32.1. The van der Waals surface area contributed by atoms with Crippen molar-refractivity contribution >= 4 is 34.9 Å². The third-order valence-electron chi connectivity index (χ3n) is 3.69. The van der Waals surface area contributed by atoms with Crippen LogP contribution in [0.4, 0.5) is 0 Å². The standard InChI is InChI=1S/C18H20N2O5S/c1-11-9-13(12(2)26-11)15(21)6-7-17(23)25-10-16(22)19-18(24)14-5-4-8-20(14)3/h4-5,8-9H,6-7,10H2,1-3H3,(H,19,22,24).